The van der Waals surface area contributed by atoms with Crippen molar-refractivity contribution in [3.8, 4) is 0 Å². The van der Waals surface area contributed by atoms with E-state index in [2.05, 4.69) is 21.1 Å². The summed E-state index contributed by atoms with van der Waals surface area (Å²) >= 11 is 2.15. The molecule has 1 unspecified atom stereocenters. The van der Waals surface area contributed by atoms with Crippen LogP contribution in [0.4, 0.5) is 0 Å². The fraction of sp³-hybridized carbons (Fsp3) is 1.00. The molecule has 0 aliphatic rings. The molecule has 3 heteroatoms. The van der Waals surface area contributed by atoms with Gasteiger partial charge in [0.2, 0.25) is 0 Å². The fourth-order valence-corrected chi connectivity index (χ4v) is 1.03. The zero-order valence-electron chi connectivity index (χ0n) is 5.31. The van der Waals surface area contributed by atoms with E-state index in [1.807, 2.05) is 0 Å². The Bertz CT molecular complexity index is 57.0. The molecule has 0 amide bonds. The third-order valence-corrected chi connectivity index (χ3v) is 1.70. The zero-order valence-corrected chi connectivity index (χ0v) is 7.48. The van der Waals surface area contributed by atoms with Crippen molar-refractivity contribution < 1.29 is 31.3 Å². The van der Waals surface area contributed by atoms with E-state index in [1.54, 1.807) is 0 Å². The van der Waals surface area contributed by atoms with E-state index in [0.29, 0.717) is 0 Å². The Kier molecular flexibility index (Phi) is 7.27. The van der Waals surface area contributed by atoms with Gasteiger partial charge in [0.1, 0.15) is 0 Å². The molecule has 2 nitrogen and oxygen atoms in total. The van der Waals surface area contributed by atoms with Crippen LogP contribution in [0.2, 0.25) is 0 Å². The zero-order chi connectivity index (χ0) is 7.11. The monoisotopic (exact) mass is 314 g/mol. The Morgan fingerprint density at radius 3 is 2.33 bits per heavy atom. The second-order valence-electron chi connectivity index (χ2n) is 1.96. The SMILES string of the molecule is OCCCCC[CH](O)[Au]. The minimum absolute atomic E-state index is 0.233. The van der Waals surface area contributed by atoms with Crippen LogP contribution in [0.3, 0.4) is 0 Å². The molecule has 0 bridgehead atoms. The topological polar surface area (TPSA) is 40.5 Å². The Morgan fingerprint density at radius 2 is 1.89 bits per heavy atom. The predicted molar refractivity (Wildman–Crippen MR) is 31.6 cm³/mol. The van der Waals surface area contributed by atoms with Crippen LogP contribution < -0.4 is 0 Å². The average molecular weight is 314 g/mol. The first kappa shape index (κ1) is 9.66. The number of hydrogen-bond acceptors (Lipinski definition) is 2. The Hall–Kier alpha value is 0.660. The third-order valence-electron chi connectivity index (χ3n) is 1.08. The van der Waals surface area contributed by atoms with Gasteiger partial charge in [0, 0.05) is 0 Å². The number of unbranched alkanes of at least 4 members (excludes halogenated alkanes) is 2. The van der Waals surface area contributed by atoms with Crippen molar-refractivity contribution in [2.24, 2.45) is 0 Å². The first-order chi connectivity index (χ1) is 4.27. The molecule has 0 spiro atoms. The van der Waals surface area contributed by atoms with E-state index >= 15 is 0 Å². The Balaban J connectivity index is 2.75. The van der Waals surface area contributed by atoms with E-state index in [9.17, 15) is 0 Å². The summed E-state index contributed by atoms with van der Waals surface area (Å²) in [6, 6.07) is 0. The van der Waals surface area contributed by atoms with Gasteiger partial charge in [0.05, 0.1) is 0 Å². The summed E-state index contributed by atoms with van der Waals surface area (Å²) in [5, 5.41) is 17.1. The van der Waals surface area contributed by atoms with E-state index in [0.717, 1.165) is 25.7 Å². The van der Waals surface area contributed by atoms with Gasteiger partial charge >= 0.3 is 67.9 Å². The summed E-state index contributed by atoms with van der Waals surface area (Å²) in [4.78, 5) is 0. The van der Waals surface area contributed by atoms with Crippen LogP contribution in [-0.2, 0) is 21.1 Å². The fourth-order valence-electron chi connectivity index (χ4n) is 0.586. The van der Waals surface area contributed by atoms with Crippen molar-refractivity contribution in [1.82, 2.24) is 0 Å². The van der Waals surface area contributed by atoms with Crippen LogP contribution in [0.15, 0.2) is 0 Å². The van der Waals surface area contributed by atoms with E-state index in [4.69, 9.17) is 10.2 Å². The molecule has 0 saturated carbocycles. The van der Waals surface area contributed by atoms with Crippen LogP contribution in [0.5, 0.6) is 0 Å². The van der Waals surface area contributed by atoms with Gasteiger partial charge < -0.3 is 0 Å². The second kappa shape index (κ2) is 6.78. The van der Waals surface area contributed by atoms with Crippen LogP contribution >= 0.6 is 0 Å². The van der Waals surface area contributed by atoms with Gasteiger partial charge in [-0.25, -0.2) is 0 Å². The van der Waals surface area contributed by atoms with E-state index in [1.165, 1.54) is 0 Å². The molecule has 0 saturated heterocycles. The summed E-state index contributed by atoms with van der Waals surface area (Å²) < 4.78 is -0.233. The molecule has 0 aliphatic heterocycles. The van der Waals surface area contributed by atoms with Gasteiger partial charge in [-0.15, -0.1) is 0 Å². The van der Waals surface area contributed by atoms with Crippen molar-refractivity contribution in [2.75, 3.05) is 6.61 Å². The average Bonchev–Trinajstić information content (AvgIpc) is 1.80. The first-order valence-electron chi connectivity index (χ1n) is 3.16. The number of rotatable bonds is 5. The quantitative estimate of drug-likeness (QED) is 0.570. The summed E-state index contributed by atoms with van der Waals surface area (Å²) in [6.07, 6.45) is 3.73. The summed E-state index contributed by atoms with van der Waals surface area (Å²) in [5.74, 6) is 0. The predicted octanol–water partition coefficient (Wildman–Crippen LogP) is 0.404. The molecule has 1 atom stereocenters. The molecular formula is C6H13AuO2. The molecule has 0 aromatic heterocycles. The van der Waals surface area contributed by atoms with Gasteiger partial charge in [0.25, 0.3) is 0 Å². The number of aliphatic hydroxyl groups excluding tert-OH is 2. The molecule has 0 rings (SSSR count). The van der Waals surface area contributed by atoms with Crippen LogP contribution in [-0.4, -0.2) is 21.1 Å². The maximum absolute atomic E-state index is 8.76. The van der Waals surface area contributed by atoms with Crippen LogP contribution in [0, 0.1) is 0 Å². The van der Waals surface area contributed by atoms with Crippen molar-refractivity contribution in [2.45, 2.75) is 30.0 Å². The van der Waals surface area contributed by atoms with Crippen molar-refractivity contribution >= 4 is 0 Å². The van der Waals surface area contributed by atoms with E-state index < -0.39 is 0 Å². The molecule has 60 valence electrons. The van der Waals surface area contributed by atoms with Crippen LogP contribution in [0.1, 0.15) is 25.7 Å². The summed E-state index contributed by atoms with van der Waals surface area (Å²) in [5.41, 5.74) is 0. The molecule has 0 heterocycles. The molecule has 0 fully saturated rings. The van der Waals surface area contributed by atoms with Crippen molar-refractivity contribution in [3.63, 3.8) is 0 Å². The van der Waals surface area contributed by atoms with Crippen molar-refractivity contribution in [1.29, 1.82) is 0 Å². The molecule has 0 aliphatic carbocycles. The molecule has 2 N–H and O–H groups in total. The number of aliphatic hydroxyl groups is 2. The standard InChI is InChI=1S/C6H13O2.Au/c7-5-3-1-2-4-6-8;/h5,7-8H,1-4,6H2;. The van der Waals surface area contributed by atoms with E-state index in [-0.39, 0.29) is 10.9 Å². The van der Waals surface area contributed by atoms with Gasteiger partial charge in [-0.1, -0.05) is 0 Å². The Morgan fingerprint density at radius 1 is 1.22 bits per heavy atom. The summed E-state index contributed by atoms with van der Waals surface area (Å²) in [7, 11) is 0. The van der Waals surface area contributed by atoms with Gasteiger partial charge in [-0.05, 0) is 0 Å². The molecule has 0 aromatic rings. The van der Waals surface area contributed by atoms with Gasteiger partial charge in [-0.3, -0.25) is 0 Å². The second-order valence-corrected chi connectivity index (χ2v) is 3.40. The minimum atomic E-state index is -0.233. The number of hydrogen-bond donors (Lipinski definition) is 2. The molecule has 9 heavy (non-hydrogen) atoms. The first-order valence-corrected chi connectivity index (χ1v) is 4.41. The normalized spacial score (nSPS) is 13.8. The molecule has 0 aromatic carbocycles. The van der Waals surface area contributed by atoms with Gasteiger partial charge in [0.15, 0.2) is 0 Å². The Labute approximate surface area is 68.2 Å². The molecule has 0 radical (unpaired) electrons. The molecular weight excluding hydrogens is 301 g/mol. The van der Waals surface area contributed by atoms with Gasteiger partial charge in [-0.2, -0.15) is 0 Å². The van der Waals surface area contributed by atoms with Crippen molar-refractivity contribution in [3.05, 3.63) is 0 Å². The third kappa shape index (κ3) is 8.66. The maximum atomic E-state index is 8.76. The summed E-state index contributed by atoms with van der Waals surface area (Å²) in [6.45, 7) is 0.273. The van der Waals surface area contributed by atoms with Crippen LogP contribution in [0.25, 0.3) is 0 Å².